The van der Waals surface area contributed by atoms with E-state index in [0.717, 1.165) is 23.9 Å². The summed E-state index contributed by atoms with van der Waals surface area (Å²) in [7, 11) is 0. The normalized spacial score (nSPS) is 12.4. The Hall–Kier alpha value is -3.01. The molecule has 4 nitrogen and oxygen atoms in total. The Labute approximate surface area is 147 Å². The van der Waals surface area contributed by atoms with Gasteiger partial charge >= 0.3 is 0 Å². The molecule has 3 aromatic rings. The molecule has 0 saturated carbocycles. The zero-order valence-corrected chi connectivity index (χ0v) is 14.2. The summed E-state index contributed by atoms with van der Waals surface area (Å²) < 4.78 is 0. The summed E-state index contributed by atoms with van der Waals surface area (Å²) in [6.45, 7) is 2.02. The number of nitrogens with zero attached hydrogens (tertiary/aromatic N) is 2. The maximum Gasteiger partial charge on any atom is 0.244 e. The molecule has 0 spiro atoms. The fraction of sp³-hybridized carbons (Fsp3) is 0.190. The third-order valence-electron chi connectivity index (χ3n) is 3.97. The highest BCUT2D eigenvalue weighted by molar-refractivity contribution is 5.91. The summed E-state index contributed by atoms with van der Waals surface area (Å²) in [5.41, 5.74) is 3.62. The molecule has 0 saturated heterocycles. The van der Waals surface area contributed by atoms with Crippen molar-refractivity contribution in [2.24, 2.45) is 0 Å². The van der Waals surface area contributed by atoms with Crippen molar-refractivity contribution in [1.29, 1.82) is 0 Å². The summed E-state index contributed by atoms with van der Waals surface area (Å²) in [5, 5.41) is 2.98. The topological polar surface area (TPSA) is 54.9 Å². The lowest BCUT2D eigenvalue weighted by molar-refractivity contribution is -0.117. The van der Waals surface area contributed by atoms with Crippen LogP contribution in [0.3, 0.4) is 0 Å². The van der Waals surface area contributed by atoms with Crippen LogP contribution in [0.4, 0.5) is 0 Å². The third-order valence-corrected chi connectivity index (χ3v) is 3.97. The second kappa shape index (κ2) is 8.20. The van der Waals surface area contributed by atoms with Crippen molar-refractivity contribution in [3.63, 3.8) is 0 Å². The van der Waals surface area contributed by atoms with Gasteiger partial charge in [0.2, 0.25) is 5.91 Å². The molecule has 0 aliphatic carbocycles. The van der Waals surface area contributed by atoms with Gasteiger partial charge in [-0.3, -0.25) is 9.78 Å². The highest BCUT2D eigenvalue weighted by atomic mass is 16.1. The second-order valence-corrected chi connectivity index (χ2v) is 6.05. The van der Waals surface area contributed by atoms with Gasteiger partial charge in [0.15, 0.2) is 0 Å². The minimum absolute atomic E-state index is 0.111. The van der Waals surface area contributed by atoms with Crippen molar-refractivity contribution in [2.75, 3.05) is 0 Å². The lowest BCUT2D eigenvalue weighted by Gasteiger charge is -2.12. The molecule has 1 N–H and O–H groups in total. The quantitative estimate of drug-likeness (QED) is 0.699. The van der Waals surface area contributed by atoms with E-state index in [1.165, 1.54) is 11.6 Å². The second-order valence-electron chi connectivity index (χ2n) is 6.05. The average Bonchev–Trinajstić information content (AvgIpc) is 2.65. The van der Waals surface area contributed by atoms with E-state index >= 15 is 0 Å². The van der Waals surface area contributed by atoms with Crippen molar-refractivity contribution < 1.29 is 4.79 Å². The Bertz CT molecular complexity index is 874. The van der Waals surface area contributed by atoms with Crippen LogP contribution >= 0.6 is 0 Å². The molecular formula is C21H21N3O. The number of carbonyl (C=O) groups is 1. The standard InChI is InChI=1S/C21H21N3O/c1-16(11-12-17-7-3-2-4-8-17)23-21(25)14-13-18-15-22-19-9-5-6-10-20(19)24-18/h2-10,13-16H,11-12H2,1H3,(H,23,25)/b14-13+. The van der Waals surface area contributed by atoms with E-state index in [2.05, 4.69) is 27.4 Å². The van der Waals surface area contributed by atoms with Gasteiger partial charge in [-0.1, -0.05) is 42.5 Å². The monoisotopic (exact) mass is 331 g/mol. The molecule has 126 valence electrons. The molecule has 0 radical (unpaired) electrons. The molecule has 0 bridgehead atoms. The molecule has 1 aromatic heterocycles. The smallest absolute Gasteiger partial charge is 0.244 e. The van der Waals surface area contributed by atoms with Gasteiger partial charge in [-0.15, -0.1) is 0 Å². The van der Waals surface area contributed by atoms with Crippen LogP contribution in [0.25, 0.3) is 17.1 Å². The van der Waals surface area contributed by atoms with Crippen LogP contribution in [0.15, 0.2) is 66.9 Å². The number of hydrogen-bond donors (Lipinski definition) is 1. The van der Waals surface area contributed by atoms with Crippen LogP contribution in [0.1, 0.15) is 24.6 Å². The van der Waals surface area contributed by atoms with Crippen LogP contribution in [0.5, 0.6) is 0 Å². The van der Waals surface area contributed by atoms with Gasteiger partial charge in [-0.2, -0.15) is 0 Å². The van der Waals surface area contributed by atoms with Gasteiger partial charge in [0.1, 0.15) is 0 Å². The number of nitrogens with one attached hydrogen (secondary N) is 1. The summed E-state index contributed by atoms with van der Waals surface area (Å²) >= 11 is 0. The molecule has 4 heteroatoms. The molecule has 1 atom stereocenters. The maximum absolute atomic E-state index is 12.1. The van der Waals surface area contributed by atoms with E-state index in [9.17, 15) is 4.79 Å². The molecule has 3 rings (SSSR count). The lowest BCUT2D eigenvalue weighted by atomic mass is 10.1. The van der Waals surface area contributed by atoms with E-state index < -0.39 is 0 Å². The first-order valence-corrected chi connectivity index (χ1v) is 8.45. The highest BCUT2D eigenvalue weighted by Crippen LogP contribution is 2.09. The minimum atomic E-state index is -0.115. The van der Waals surface area contributed by atoms with Gasteiger partial charge in [0.05, 0.1) is 22.9 Å². The Morgan fingerprint density at radius 3 is 2.60 bits per heavy atom. The number of aryl methyl sites for hydroxylation is 1. The Kier molecular flexibility index (Phi) is 5.52. The molecule has 1 unspecified atom stereocenters. The van der Waals surface area contributed by atoms with Crippen molar-refractivity contribution in [3.8, 4) is 0 Å². The summed E-state index contributed by atoms with van der Waals surface area (Å²) in [5.74, 6) is -0.115. The van der Waals surface area contributed by atoms with Gasteiger partial charge in [-0.05, 0) is 43.5 Å². The predicted octanol–water partition coefficient (Wildman–Crippen LogP) is 3.78. The van der Waals surface area contributed by atoms with Gasteiger partial charge in [-0.25, -0.2) is 4.98 Å². The van der Waals surface area contributed by atoms with E-state index in [0.29, 0.717) is 5.69 Å². The number of fused-ring (bicyclic) bond motifs is 1. The van der Waals surface area contributed by atoms with E-state index in [1.807, 2.05) is 49.4 Å². The van der Waals surface area contributed by atoms with Crippen molar-refractivity contribution in [2.45, 2.75) is 25.8 Å². The minimum Gasteiger partial charge on any atom is -0.350 e. The largest absolute Gasteiger partial charge is 0.350 e. The van der Waals surface area contributed by atoms with Crippen molar-refractivity contribution >= 4 is 23.0 Å². The van der Waals surface area contributed by atoms with Crippen LogP contribution in [-0.4, -0.2) is 21.9 Å². The first-order valence-electron chi connectivity index (χ1n) is 8.45. The molecule has 0 aliphatic rings. The number of amides is 1. The number of aromatic nitrogens is 2. The van der Waals surface area contributed by atoms with Crippen LogP contribution < -0.4 is 5.32 Å². The van der Waals surface area contributed by atoms with E-state index in [1.54, 1.807) is 12.3 Å². The number of carbonyl (C=O) groups excluding carboxylic acids is 1. The number of para-hydroxylation sites is 2. The van der Waals surface area contributed by atoms with Gasteiger partial charge in [0.25, 0.3) is 0 Å². The SMILES string of the molecule is CC(CCc1ccccc1)NC(=O)/C=C/c1cnc2ccccc2n1. The van der Waals surface area contributed by atoms with Gasteiger partial charge < -0.3 is 5.32 Å². The molecule has 0 aliphatic heterocycles. The molecule has 2 aromatic carbocycles. The maximum atomic E-state index is 12.1. The zero-order valence-electron chi connectivity index (χ0n) is 14.2. The van der Waals surface area contributed by atoms with E-state index in [4.69, 9.17) is 0 Å². The molecule has 25 heavy (non-hydrogen) atoms. The molecule has 1 amide bonds. The number of hydrogen-bond acceptors (Lipinski definition) is 3. The Morgan fingerprint density at radius 1 is 1.08 bits per heavy atom. The average molecular weight is 331 g/mol. The number of benzene rings is 2. The van der Waals surface area contributed by atoms with Crippen LogP contribution in [0, 0.1) is 0 Å². The van der Waals surface area contributed by atoms with Gasteiger partial charge in [0, 0.05) is 12.1 Å². The summed E-state index contributed by atoms with van der Waals surface area (Å²) in [6.07, 6.45) is 6.73. The third kappa shape index (κ3) is 4.98. The fourth-order valence-corrected chi connectivity index (χ4v) is 2.60. The highest BCUT2D eigenvalue weighted by Gasteiger charge is 2.05. The summed E-state index contributed by atoms with van der Waals surface area (Å²) in [4.78, 5) is 20.9. The first kappa shape index (κ1) is 16.8. The molecule has 0 fully saturated rings. The summed E-state index contributed by atoms with van der Waals surface area (Å²) in [6, 6.07) is 18.1. The molecule has 1 heterocycles. The van der Waals surface area contributed by atoms with Crippen LogP contribution in [-0.2, 0) is 11.2 Å². The molecular weight excluding hydrogens is 310 g/mol. The van der Waals surface area contributed by atoms with E-state index in [-0.39, 0.29) is 11.9 Å². The first-order chi connectivity index (χ1) is 12.2. The predicted molar refractivity (Wildman–Crippen MR) is 101 cm³/mol. The van der Waals surface area contributed by atoms with Crippen molar-refractivity contribution in [1.82, 2.24) is 15.3 Å². The number of rotatable bonds is 6. The Morgan fingerprint density at radius 2 is 1.80 bits per heavy atom. The van der Waals surface area contributed by atoms with Crippen molar-refractivity contribution in [3.05, 3.63) is 78.1 Å². The Balaban J connectivity index is 1.53. The van der Waals surface area contributed by atoms with Crippen LogP contribution in [0.2, 0.25) is 0 Å². The zero-order chi connectivity index (χ0) is 17.5. The fourth-order valence-electron chi connectivity index (χ4n) is 2.60. The lowest BCUT2D eigenvalue weighted by Crippen LogP contribution is -2.31.